The highest BCUT2D eigenvalue weighted by Crippen LogP contribution is 2.36. The van der Waals surface area contributed by atoms with E-state index >= 15 is 0 Å². The highest BCUT2D eigenvalue weighted by atomic mass is 32.2. The average molecular weight is 369 g/mol. The van der Waals surface area contributed by atoms with Gasteiger partial charge in [-0.15, -0.1) is 0 Å². The van der Waals surface area contributed by atoms with Gasteiger partial charge in [0.05, 0.1) is 0 Å². The number of carbonyl (C=O) groups is 1. The first-order chi connectivity index (χ1) is 11.9. The fourth-order valence-electron chi connectivity index (χ4n) is 2.04. The number of rotatable bonds is 8. The van der Waals surface area contributed by atoms with Gasteiger partial charge in [0.1, 0.15) is 0 Å². The summed E-state index contributed by atoms with van der Waals surface area (Å²) in [4.78, 5) is 15.9. The van der Waals surface area contributed by atoms with Crippen LogP contribution in [0.25, 0.3) is 0 Å². The quantitative estimate of drug-likeness (QED) is 0.553. The van der Waals surface area contributed by atoms with E-state index in [-0.39, 0.29) is 22.6 Å². The molecule has 0 atom stereocenters. The third-order valence-electron chi connectivity index (χ3n) is 3.23. The molecule has 1 amide bonds. The molecule has 2 N–H and O–H groups in total. The Hall–Kier alpha value is -2.06. The van der Waals surface area contributed by atoms with E-state index in [1.54, 1.807) is 24.5 Å². The van der Waals surface area contributed by atoms with Gasteiger partial charge < -0.3 is 10.6 Å². The first-order valence-corrected chi connectivity index (χ1v) is 8.45. The maximum Gasteiger partial charge on any atom is 0.446 e. The van der Waals surface area contributed by atoms with Gasteiger partial charge in [-0.25, -0.2) is 0 Å². The summed E-state index contributed by atoms with van der Waals surface area (Å²) in [6.45, 7) is 1.41. The monoisotopic (exact) mass is 369 g/mol. The molecule has 0 aliphatic heterocycles. The number of hydrogen-bond donors (Lipinski definition) is 2. The molecule has 1 heterocycles. The standard InChI is InChI=1S/C17H18F3N3OS/c18-17(19,20)25-15-5-3-13(4-6-15)10-22-9-7-16(24)23-12-14-2-1-8-21-11-14/h1-6,8,11,22H,7,9-10,12H2,(H,23,24). The number of aromatic nitrogens is 1. The van der Waals surface area contributed by atoms with Gasteiger partial charge in [0, 0.05) is 43.3 Å². The molecule has 4 nitrogen and oxygen atoms in total. The predicted octanol–water partition coefficient (Wildman–Crippen LogP) is 3.49. The molecule has 25 heavy (non-hydrogen) atoms. The average Bonchev–Trinajstić information content (AvgIpc) is 2.58. The van der Waals surface area contributed by atoms with E-state index in [9.17, 15) is 18.0 Å². The van der Waals surface area contributed by atoms with Crippen molar-refractivity contribution in [1.82, 2.24) is 15.6 Å². The Labute approximate surface area is 148 Å². The molecule has 0 saturated carbocycles. The van der Waals surface area contributed by atoms with E-state index in [4.69, 9.17) is 0 Å². The van der Waals surface area contributed by atoms with Crippen LogP contribution in [0.15, 0.2) is 53.7 Å². The highest BCUT2D eigenvalue weighted by molar-refractivity contribution is 8.00. The first-order valence-electron chi connectivity index (χ1n) is 7.63. The van der Waals surface area contributed by atoms with Crippen LogP contribution < -0.4 is 10.6 Å². The molecule has 2 aromatic rings. The minimum absolute atomic E-state index is 0.0757. The largest absolute Gasteiger partial charge is 0.446 e. The van der Waals surface area contributed by atoms with Crippen LogP contribution in [-0.4, -0.2) is 22.9 Å². The number of thioether (sulfide) groups is 1. The van der Waals surface area contributed by atoms with Gasteiger partial charge >= 0.3 is 5.51 Å². The number of hydrogen-bond acceptors (Lipinski definition) is 4. The second-order valence-corrected chi connectivity index (χ2v) is 6.39. The van der Waals surface area contributed by atoms with Gasteiger partial charge in [0.15, 0.2) is 0 Å². The van der Waals surface area contributed by atoms with Crippen molar-refractivity contribution < 1.29 is 18.0 Å². The van der Waals surface area contributed by atoms with Gasteiger partial charge in [-0.05, 0) is 41.1 Å². The van der Waals surface area contributed by atoms with E-state index in [2.05, 4.69) is 15.6 Å². The Morgan fingerprint density at radius 3 is 2.48 bits per heavy atom. The third kappa shape index (κ3) is 8.04. The van der Waals surface area contributed by atoms with Crippen LogP contribution in [0.3, 0.4) is 0 Å². The molecule has 8 heteroatoms. The van der Waals surface area contributed by atoms with Gasteiger partial charge in [-0.3, -0.25) is 9.78 Å². The van der Waals surface area contributed by atoms with E-state index in [0.717, 1.165) is 11.1 Å². The summed E-state index contributed by atoms with van der Waals surface area (Å²) in [5.41, 5.74) is -2.48. The molecule has 134 valence electrons. The zero-order valence-corrected chi connectivity index (χ0v) is 14.2. The normalized spacial score (nSPS) is 11.3. The van der Waals surface area contributed by atoms with E-state index < -0.39 is 5.51 Å². The number of nitrogens with zero attached hydrogens (tertiary/aromatic N) is 1. The van der Waals surface area contributed by atoms with Gasteiger partial charge in [-0.2, -0.15) is 13.2 Å². The van der Waals surface area contributed by atoms with E-state index in [1.165, 1.54) is 12.1 Å². The molecular formula is C17H18F3N3OS. The van der Waals surface area contributed by atoms with Crippen LogP contribution in [0.4, 0.5) is 13.2 Å². The highest BCUT2D eigenvalue weighted by Gasteiger charge is 2.28. The number of nitrogens with one attached hydrogen (secondary N) is 2. The maximum absolute atomic E-state index is 12.2. The van der Waals surface area contributed by atoms with Crippen molar-refractivity contribution in [2.75, 3.05) is 6.54 Å². The smallest absolute Gasteiger partial charge is 0.352 e. The summed E-state index contributed by atoms with van der Waals surface area (Å²) in [5.74, 6) is -0.0757. The zero-order chi connectivity index (χ0) is 18.1. The fourth-order valence-corrected chi connectivity index (χ4v) is 2.57. The Morgan fingerprint density at radius 1 is 1.08 bits per heavy atom. The Morgan fingerprint density at radius 2 is 1.84 bits per heavy atom. The molecule has 2 rings (SSSR count). The number of amides is 1. The summed E-state index contributed by atoms with van der Waals surface area (Å²) in [5, 5.41) is 5.89. The molecule has 0 bridgehead atoms. The molecule has 0 fully saturated rings. The zero-order valence-electron chi connectivity index (χ0n) is 13.3. The van der Waals surface area contributed by atoms with Crippen molar-refractivity contribution in [3.8, 4) is 0 Å². The molecule has 0 spiro atoms. The molecule has 1 aromatic heterocycles. The van der Waals surface area contributed by atoms with Crippen LogP contribution in [0, 0.1) is 0 Å². The van der Waals surface area contributed by atoms with Crippen molar-refractivity contribution in [2.24, 2.45) is 0 Å². The summed E-state index contributed by atoms with van der Waals surface area (Å²) >= 11 is -0.132. The summed E-state index contributed by atoms with van der Waals surface area (Å²) in [7, 11) is 0. The lowest BCUT2D eigenvalue weighted by Crippen LogP contribution is -2.27. The summed E-state index contributed by atoms with van der Waals surface area (Å²) in [6, 6.07) is 9.85. The fraction of sp³-hybridized carbons (Fsp3) is 0.294. The van der Waals surface area contributed by atoms with Gasteiger partial charge in [0.2, 0.25) is 5.91 Å². The van der Waals surface area contributed by atoms with Crippen molar-refractivity contribution in [1.29, 1.82) is 0 Å². The molecule has 0 radical (unpaired) electrons. The number of halogens is 3. The molecule has 0 unspecified atom stereocenters. The van der Waals surface area contributed by atoms with Crippen LogP contribution in [0.1, 0.15) is 17.5 Å². The second-order valence-electron chi connectivity index (χ2n) is 5.26. The lowest BCUT2D eigenvalue weighted by Gasteiger charge is -2.08. The summed E-state index contributed by atoms with van der Waals surface area (Å²) in [6.07, 6.45) is 3.69. The number of alkyl halides is 3. The molecule has 0 aliphatic carbocycles. The van der Waals surface area contributed by atoms with Gasteiger partial charge in [0.25, 0.3) is 0 Å². The van der Waals surface area contributed by atoms with Crippen molar-refractivity contribution in [2.45, 2.75) is 29.9 Å². The summed E-state index contributed by atoms with van der Waals surface area (Å²) < 4.78 is 36.7. The Kier molecular flexibility index (Phi) is 7.27. The van der Waals surface area contributed by atoms with Crippen LogP contribution in [0.2, 0.25) is 0 Å². The van der Waals surface area contributed by atoms with Crippen LogP contribution in [-0.2, 0) is 17.9 Å². The number of benzene rings is 1. The third-order valence-corrected chi connectivity index (χ3v) is 3.97. The molecule has 0 saturated heterocycles. The topological polar surface area (TPSA) is 54.0 Å². The van der Waals surface area contributed by atoms with Crippen LogP contribution in [0.5, 0.6) is 0 Å². The lowest BCUT2D eigenvalue weighted by atomic mass is 10.2. The Balaban J connectivity index is 1.63. The van der Waals surface area contributed by atoms with E-state index in [0.29, 0.717) is 26.1 Å². The van der Waals surface area contributed by atoms with Crippen molar-refractivity contribution >= 4 is 17.7 Å². The first kappa shape index (κ1) is 19.3. The Bertz CT molecular complexity index is 663. The molecular weight excluding hydrogens is 351 g/mol. The molecule has 0 aliphatic rings. The predicted molar refractivity (Wildman–Crippen MR) is 90.8 cm³/mol. The van der Waals surface area contributed by atoms with Gasteiger partial charge in [-0.1, -0.05) is 18.2 Å². The van der Waals surface area contributed by atoms with E-state index in [1.807, 2.05) is 12.1 Å². The number of carbonyl (C=O) groups excluding carboxylic acids is 1. The second kappa shape index (κ2) is 9.43. The maximum atomic E-state index is 12.2. The molecule has 1 aromatic carbocycles. The minimum Gasteiger partial charge on any atom is -0.352 e. The SMILES string of the molecule is O=C(CCNCc1ccc(SC(F)(F)F)cc1)NCc1cccnc1. The lowest BCUT2D eigenvalue weighted by molar-refractivity contribution is -0.121. The van der Waals surface area contributed by atoms with Crippen molar-refractivity contribution in [3.05, 3.63) is 59.9 Å². The van der Waals surface area contributed by atoms with Crippen LogP contribution >= 0.6 is 11.8 Å². The minimum atomic E-state index is -4.27. The number of pyridine rings is 1. The van der Waals surface area contributed by atoms with Crippen molar-refractivity contribution in [3.63, 3.8) is 0 Å².